The molecule has 0 aliphatic heterocycles. The van der Waals surface area contributed by atoms with Crippen LogP contribution in [0.3, 0.4) is 0 Å². The maximum Gasteiger partial charge on any atom is 0.244 e. The van der Waals surface area contributed by atoms with Gasteiger partial charge >= 0.3 is 0 Å². The SMILES string of the molecule is CC(C)CNC(=O)[C@H](Cc1ccccc1)N(Cc1c(Cl)cccc1Cl)C(=O)CN(c1ccc(Br)cc1)S(C)(=O)=O. The minimum Gasteiger partial charge on any atom is -0.354 e. The van der Waals surface area contributed by atoms with Crippen molar-refractivity contribution in [1.29, 1.82) is 0 Å². The first kappa shape index (κ1) is 31.9. The smallest absolute Gasteiger partial charge is 0.244 e. The molecule has 0 unspecified atom stereocenters. The van der Waals surface area contributed by atoms with Crippen LogP contribution in [0.5, 0.6) is 0 Å². The van der Waals surface area contributed by atoms with Crippen molar-refractivity contribution in [2.75, 3.05) is 23.7 Å². The van der Waals surface area contributed by atoms with Gasteiger partial charge < -0.3 is 10.2 Å². The van der Waals surface area contributed by atoms with Crippen LogP contribution in [0, 0.1) is 5.92 Å². The van der Waals surface area contributed by atoms with Gasteiger partial charge in [-0.1, -0.05) is 89.4 Å². The molecule has 0 bridgehead atoms. The topological polar surface area (TPSA) is 86.8 Å². The molecule has 0 aromatic heterocycles. The quantitative estimate of drug-likeness (QED) is 0.259. The third-order valence-electron chi connectivity index (χ3n) is 6.14. The van der Waals surface area contributed by atoms with Crippen molar-refractivity contribution < 1.29 is 18.0 Å². The van der Waals surface area contributed by atoms with E-state index in [2.05, 4.69) is 21.2 Å². The summed E-state index contributed by atoms with van der Waals surface area (Å²) < 4.78 is 27.5. The highest BCUT2D eigenvalue weighted by Gasteiger charge is 2.33. The zero-order chi connectivity index (χ0) is 29.4. The van der Waals surface area contributed by atoms with E-state index >= 15 is 0 Å². The maximum absolute atomic E-state index is 14.1. The van der Waals surface area contributed by atoms with Crippen molar-refractivity contribution in [3.05, 3.63) is 98.4 Å². The van der Waals surface area contributed by atoms with E-state index in [1.54, 1.807) is 42.5 Å². The average molecular weight is 669 g/mol. The molecule has 3 rings (SSSR count). The molecule has 3 aromatic carbocycles. The number of nitrogens with zero attached hydrogens (tertiary/aromatic N) is 2. The Hall–Kier alpha value is -2.59. The van der Waals surface area contributed by atoms with Crippen LogP contribution in [0.4, 0.5) is 5.69 Å². The predicted octanol–water partition coefficient (Wildman–Crippen LogP) is 5.93. The lowest BCUT2D eigenvalue weighted by atomic mass is 10.0. The van der Waals surface area contributed by atoms with Crippen LogP contribution in [-0.4, -0.2) is 50.5 Å². The molecule has 7 nitrogen and oxygen atoms in total. The molecule has 0 aliphatic rings. The van der Waals surface area contributed by atoms with Crippen LogP contribution < -0.4 is 9.62 Å². The fourth-order valence-corrected chi connectivity index (χ4v) is 5.68. The Morgan fingerprint density at radius 1 is 0.925 bits per heavy atom. The van der Waals surface area contributed by atoms with Gasteiger partial charge in [0.1, 0.15) is 12.6 Å². The first-order valence-corrected chi connectivity index (χ1v) is 16.0. The number of hydrogen-bond donors (Lipinski definition) is 1. The first-order valence-electron chi connectivity index (χ1n) is 12.6. The predicted molar refractivity (Wildman–Crippen MR) is 165 cm³/mol. The Bertz CT molecular complexity index is 1400. The van der Waals surface area contributed by atoms with Crippen molar-refractivity contribution in [3.8, 4) is 0 Å². The fourth-order valence-electron chi connectivity index (χ4n) is 4.05. The standard InChI is InChI=1S/C29H32BrCl2N3O4S/c1-20(2)17-33-29(37)27(16-21-8-5-4-6-9-21)34(18-24-25(31)10-7-11-26(24)32)28(36)19-35(40(3,38)39)23-14-12-22(30)13-15-23/h4-15,20,27H,16-19H2,1-3H3,(H,33,37)/t27-/m0/s1. The van der Waals surface area contributed by atoms with E-state index in [0.29, 0.717) is 27.8 Å². The summed E-state index contributed by atoms with van der Waals surface area (Å²) in [6.07, 6.45) is 1.24. The highest BCUT2D eigenvalue weighted by molar-refractivity contribution is 9.10. The number of amides is 2. The zero-order valence-electron chi connectivity index (χ0n) is 22.5. The normalized spacial score (nSPS) is 12.2. The minimum absolute atomic E-state index is 0.0954. The third-order valence-corrected chi connectivity index (χ3v) is 8.52. The van der Waals surface area contributed by atoms with Crippen molar-refractivity contribution >= 4 is 66.7 Å². The second-order valence-electron chi connectivity index (χ2n) is 9.81. The molecule has 0 saturated heterocycles. The molecule has 0 heterocycles. The monoisotopic (exact) mass is 667 g/mol. The minimum atomic E-state index is -3.86. The summed E-state index contributed by atoms with van der Waals surface area (Å²) >= 11 is 16.3. The summed E-state index contributed by atoms with van der Waals surface area (Å²) in [5.41, 5.74) is 1.62. The third kappa shape index (κ3) is 8.96. The average Bonchev–Trinajstić information content (AvgIpc) is 2.89. The Kier molecular flexibility index (Phi) is 11.5. The number of carbonyl (C=O) groups is 2. The Labute approximate surface area is 254 Å². The van der Waals surface area contributed by atoms with E-state index in [-0.39, 0.29) is 24.8 Å². The van der Waals surface area contributed by atoms with Crippen LogP contribution in [0.1, 0.15) is 25.0 Å². The molecule has 0 aliphatic carbocycles. The van der Waals surface area contributed by atoms with Gasteiger partial charge in [0.2, 0.25) is 21.8 Å². The number of anilines is 1. The van der Waals surface area contributed by atoms with Crippen molar-refractivity contribution in [3.63, 3.8) is 0 Å². The molecule has 40 heavy (non-hydrogen) atoms. The lowest BCUT2D eigenvalue weighted by molar-refractivity contribution is -0.140. The summed E-state index contributed by atoms with van der Waals surface area (Å²) in [5, 5.41) is 3.60. The van der Waals surface area contributed by atoms with E-state index in [1.807, 2.05) is 44.2 Å². The van der Waals surface area contributed by atoms with Crippen molar-refractivity contribution in [2.24, 2.45) is 5.92 Å². The van der Waals surface area contributed by atoms with Crippen LogP contribution in [-0.2, 0) is 32.6 Å². The maximum atomic E-state index is 14.1. The van der Waals surface area contributed by atoms with E-state index in [4.69, 9.17) is 23.2 Å². The number of halogens is 3. The number of sulfonamides is 1. The number of benzene rings is 3. The van der Waals surface area contributed by atoms with Gasteiger partial charge in [-0.05, 0) is 47.9 Å². The van der Waals surface area contributed by atoms with E-state index < -0.39 is 28.5 Å². The molecular weight excluding hydrogens is 637 g/mol. The van der Waals surface area contributed by atoms with Gasteiger partial charge in [-0.2, -0.15) is 0 Å². The van der Waals surface area contributed by atoms with Gasteiger partial charge in [0.15, 0.2) is 0 Å². The molecule has 0 fully saturated rings. The lowest BCUT2D eigenvalue weighted by Gasteiger charge is -2.34. The summed E-state index contributed by atoms with van der Waals surface area (Å²) in [5.74, 6) is -0.754. The number of carbonyl (C=O) groups excluding carboxylic acids is 2. The summed E-state index contributed by atoms with van der Waals surface area (Å²) in [6, 6.07) is 19.9. The number of nitrogens with one attached hydrogen (secondary N) is 1. The van der Waals surface area contributed by atoms with Crippen molar-refractivity contribution in [1.82, 2.24) is 10.2 Å². The highest BCUT2D eigenvalue weighted by Crippen LogP contribution is 2.28. The van der Waals surface area contributed by atoms with Gasteiger partial charge in [0.25, 0.3) is 0 Å². The van der Waals surface area contributed by atoms with E-state index in [0.717, 1.165) is 20.6 Å². The molecule has 3 aromatic rings. The van der Waals surface area contributed by atoms with Crippen LogP contribution in [0.15, 0.2) is 77.3 Å². The summed E-state index contributed by atoms with van der Waals surface area (Å²) in [6.45, 7) is 3.74. The molecule has 0 radical (unpaired) electrons. The molecule has 1 N–H and O–H groups in total. The second kappa shape index (κ2) is 14.3. The number of hydrogen-bond acceptors (Lipinski definition) is 4. The van der Waals surface area contributed by atoms with Gasteiger partial charge in [-0.25, -0.2) is 8.42 Å². The second-order valence-corrected chi connectivity index (χ2v) is 13.4. The van der Waals surface area contributed by atoms with E-state index in [9.17, 15) is 18.0 Å². The fraction of sp³-hybridized carbons (Fsp3) is 0.310. The number of rotatable bonds is 12. The molecule has 2 amide bonds. The summed E-state index contributed by atoms with van der Waals surface area (Å²) in [4.78, 5) is 29.1. The van der Waals surface area contributed by atoms with Gasteiger partial charge in [-0.3, -0.25) is 13.9 Å². The Morgan fingerprint density at radius 2 is 1.52 bits per heavy atom. The van der Waals surface area contributed by atoms with Crippen molar-refractivity contribution in [2.45, 2.75) is 32.9 Å². The summed E-state index contributed by atoms with van der Waals surface area (Å²) in [7, 11) is -3.86. The Morgan fingerprint density at radius 3 is 2.08 bits per heavy atom. The van der Waals surface area contributed by atoms with E-state index in [1.165, 1.54) is 4.90 Å². The zero-order valence-corrected chi connectivity index (χ0v) is 26.4. The molecule has 1 atom stereocenters. The lowest BCUT2D eigenvalue weighted by Crippen LogP contribution is -2.53. The largest absolute Gasteiger partial charge is 0.354 e. The molecule has 11 heteroatoms. The first-order chi connectivity index (χ1) is 18.9. The van der Waals surface area contributed by atoms with Gasteiger partial charge in [-0.15, -0.1) is 0 Å². The van der Waals surface area contributed by atoms with Crippen LogP contribution >= 0.6 is 39.1 Å². The Balaban J connectivity index is 2.08. The van der Waals surface area contributed by atoms with Gasteiger partial charge in [0.05, 0.1) is 11.9 Å². The molecule has 0 saturated carbocycles. The molecular formula is C29H32BrCl2N3O4S. The highest BCUT2D eigenvalue weighted by atomic mass is 79.9. The van der Waals surface area contributed by atoms with Gasteiger partial charge in [0, 0.05) is 39.6 Å². The molecule has 214 valence electrons. The molecule has 0 spiro atoms. The van der Waals surface area contributed by atoms with Crippen LogP contribution in [0.2, 0.25) is 10.0 Å². The van der Waals surface area contributed by atoms with Crippen LogP contribution in [0.25, 0.3) is 0 Å².